The van der Waals surface area contributed by atoms with Gasteiger partial charge in [-0.3, -0.25) is 4.79 Å². The van der Waals surface area contributed by atoms with Crippen LogP contribution in [-0.4, -0.2) is 46.6 Å². The zero-order chi connectivity index (χ0) is 24.8. The molecule has 2 heterocycles. The molecule has 0 aliphatic carbocycles. The van der Waals surface area contributed by atoms with E-state index in [1.807, 2.05) is 0 Å². The molecule has 8 nitrogen and oxygen atoms in total. The second-order valence-corrected chi connectivity index (χ2v) is 8.67. The third-order valence-electron chi connectivity index (χ3n) is 5.96. The van der Waals surface area contributed by atoms with E-state index in [9.17, 15) is 18.4 Å². The highest BCUT2D eigenvalue weighted by Gasteiger charge is 2.24. The van der Waals surface area contributed by atoms with Gasteiger partial charge in [-0.2, -0.15) is 4.98 Å². The first kappa shape index (κ1) is 24.3. The van der Waals surface area contributed by atoms with Gasteiger partial charge in [0.25, 0.3) is 0 Å². The number of benzene rings is 2. The van der Waals surface area contributed by atoms with E-state index < -0.39 is 11.8 Å². The minimum Gasteiger partial charge on any atom is -0.342 e. The Morgan fingerprint density at radius 1 is 1.20 bits per heavy atom. The predicted molar refractivity (Wildman–Crippen MR) is 125 cm³/mol. The van der Waals surface area contributed by atoms with Crippen LogP contribution in [0, 0.1) is 24.5 Å². The van der Waals surface area contributed by atoms with Crippen LogP contribution in [0.15, 0.2) is 47.0 Å². The Balaban J connectivity index is 1.23. The number of likely N-dealkylation sites (tertiary alicyclic amines) is 1. The molecule has 4 rings (SSSR count). The number of nitrogens with zero attached hydrogens (tertiary/aromatic N) is 3. The first-order valence-electron chi connectivity index (χ1n) is 11.5. The first-order chi connectivity index (χ1) is 16.9. The van der Waals surface area contributed by atoms with Gasteiger partial charge >= 0.3 is 6.03 Å². The van der Waals surface area contributed by atoms with E-state index >= 15 is 0 Å². The summed E-state index contributed by atoms with van der Waals surface area (Å²) in [5, 5.41) is 9.28. The molecule has 0 bridgehead atoms. The molecule has 1 atom stereocenters. The average molecular weight is 484 g/mol. The van der Waals surface area contributed by atoms with Crippen LogP contribution in [0.2, 0.25) is 0 Å². The van der Waals surface area contributed by atoms with Crippen LogP contribution in [0.25, 0.3) is 11.4 Å². The minimum absolute atomic E-state index is 0.0277. The molecule has 0 radical (unpaired) electrons. The van der Waals surface area contributed by atoms with Crippen molar-refractivity contribution >= 4 is 17.6 Å². The second-order valence-electron chi connectivity index (χ2n) is 8.67. The van der Waals surface area contributed by atoms with E-state index in [0.29, 0.717) is 42.3 Å². The Bertz CT molecular complexity index is 1200. The number of aromatic nitrogens is 2. The van der Waals surface area contributed by atoms with Gasteiger partial charge in [-0.1, -0.05) is 23.4 Å². The molecule has 1 fully saturated rings. The fourth-order valence-electron chi connectivity index (χ4n) is 4.01. The van der Waals surface area contributed by atoms with Crippen molar-refractivity contribution in [1.82, 2.24) is 20.4 Å². The fourth-order valence-corrected chi connectivity index (χ4v) is 4.01. The summed E-state index contributed by atoms with van der Waals surface area (Å²) in [6.45, 7) is 3.28. The van der Waals surface area contributed by atoms with Crippen molar-refractivity contribution in [3.8, 4) is 11.4 Å². The lowest BCUT2D eigenvalue weighted by molar-refractivity contribution is -0.133. The summed E-state index contributed by atoms with van der Waals surface area (Å²) in [6.07, 6.45) is 2.23. The molecule has 0 spiro atoms. The number of piperidine rings is 1. The van der Waals surface area contributed by atoms with Crippen LogP contribution < -0.4 is 10.6 Å². The van der Waals surface area contributed by atoms with Crippen molar-refractivity contribution in [3.05, 3.63) is 65.6 Å². The summed E-state index contributed by atoms with van der Waals surface area (Å²) in [6, 6.07) is 9.98. The summed E-state index contributed by atoms with van der Waals surface area (Å²) in [7, 11) is 0. The number of amides is 3. The number of hydrogen-bond acceptors (Lipinski definition) is 5. The van der Waals surface area contributed by atoms with Crippen molar-refractivity contribution in [2.75, 3.05) is 25.0 Å². The molecule has 1 unspecified atom stereocenters. The van der Waals surface area contributed by atoms with Crippen molar-refractivity contribution < 1.29 is 22.9 Å². The van der Waals surface area contributed by atoms with E-state index in [4.69, 9.17) is 4.52 Å². The van der Waals surface area contributed by atoms with Gasteiger partial charge in [0.2, 0.25) is 17.6 Å². The SMILES string of the molecule is Cc1ccc(-c2noc(CCC(=O)N3CCCC(CNC(=O)Nc4cccc(F)c4)C3)n2)cc1F. The van der Waals surface area contributed by atoms with Gasteiger partial charge in [-0.15, -0.1) is 0 Å². The Kier molecular flexibility index (Phi) is 7.69. The van der Waals surface area contributed by atoms with Gasteiger partial charge in [-0.05, 0) is 55.5 Å². The summed E-state index contributed by atoms with van der Waals surface area (Å²) in [5.74, 6) is -0.0716. The summed E-state index contributed by atoms with van der Waals surface area (Å²) < 4.78 is 32.3. The minimum atomic E-state index is -0.426. The standard InChI is InChI=1S/C25H27F2N5O3/c1-16-7-8-18(12-21(16)27)24-30-22(35-31-24)9-10-23(33)32-11-3-4-17(15-32)14-28-25(34)29-20-6-2-5-19(26)13-20/h2,5-8,12-13,17H,3-4,9-11,14-15H2,1H3,(H2,28,29,34). The molecule has 2 aromatic carbocycles. The number of nitrogens with one attached hydrogen (secondary N) is 2. The Hall–Kier alpha value is -3.82. The molecule has 1 aliphatic rings. The number of hydrogen-bond donors (Lipinski definition) is 2. The average Bonchev–Trinajstić information content (AvgIpc) is 3.32. The zero-order valence-electron chi connectivity index (χ0n) is 19.4. The molecule has 2 N–H and O–H groups in total. The predicted octanol–water partition coefficient (Wildman–Crippen LogP) is 4.32. The van der Waals surface area contributed by atoms with Crippen molar-refractivity contribution in [2.24, 2.45) is 5.92 Å². The highest BCUT2D eigenvalue weighted by Crippen LogP contribution is 2.20. The van der Waals surface area contributed by atoms with Gasteiger partial charge < -0.3 is 20.1 Å². The lowest BCUT2D eigenvalue weighted by Gasteiger charge is -2.33. The van der Waals surface area contributed by atoms with Crippen molar-refractivity contribution in [1.29, 1.82) is 0 Å². The Morgan fingerprint density at radius 3 is 2.86 bits per heavy atom. The van der Waals surface area contributed by atoms with E-state index in [1.165, 1.54) is 24.3 Å². The number of carbonyl (C=O) groups is 2. The second kappa shape index (κ2) is 11.1. The van der Waals surface area contributed by atoms with E-state index in [2.05, 4.69) is 20.8 Å². The maximum absolute atomic E-state index is 13.8. The van der Waals surface area contributed by atoms with Gasteiger partial charge in [0.05, 0.1) is 0 Å². The maximum atomic E-state index is 13.8. The molecule has 0 saturated carbocycles. The number of anilines is 1. The molecule has 1 aromatic heterocycles. The normalized spacial score (nSPS) is 15.6. The lowest BCUT2D eigenvalue weighted by Crippen LogP contribution is -2.44. The van der Waals surface area contributed by atoms with Crippen LogP contribution in [0.5, 0.6) is 0 Å². The third-order valence-corrected chi connectivity index (χ3v) is 5.96. The van der Waals surface area contributed by atoms with Crippen LogP contribution >= 0.6 is 0 Å². The van der Waals surface area contributed by atoms with Gasteiger partial charge in [0, 0.05) is 43.7 Å². The van der Waals surface area contributed by atoms with Gasteiger partial charge in [-0.25, -0.2) is 13.6 Å². The van der Waals surface area contributed by atoms with Crippen LogP contribution in [0.1, 0.15) is 30.7 Å². The smallest absolute Gasteiger partial charge is 0.319 e. The highest BCUT2D eigenvalue weighted by molar-refractivity contribution is 5.89. The van der Waals surface area contributed by atoms with Crippen LogP contribution in [-0.2, 0) is 11.2 Å². The van der Waals surface area contributed by atoms with E-state index in [0.717, 1.165) is 12.8 Å². The largest absolute Gasteiger partial charge is 0.342 e. The molecule has 1 saturated heterocycles. The number of urea groups is 1. The molecule has 184 valence electrons. The number of halogens is 2. The lowest BCUT2D eigenvalue weighted by atomic mass is 9.97. The summed E-state index contributed by atoms with van der Waals surface area (Å²) in [4.78, 5) is 30.9. The molecule has 1 aliphatic heterocycles. The van der Waals surface area contributed by atoms with Gasteiger partial charge in [0.15, 0.2) is 0 Å². The molecule has 3 amide bonds. The molecular weight excluding hydrogens is 456 g/mol. The summed E-state index contributed by atoms with van der Waals surface area (Å²) in [5.41, 5.74) is 1.42. The maximum Gasteiger partial charge on any atom is 0.319 e. The number of carbonyl (C=O) groups excluding carboxylic acids is 2. The Morgan fingerprint density at radius 2 is 2.06 bits per heavy atom. The third kappa shape index (κ3) is 6.62. The molecule has 10 heteroatoms. The van der Waals surface area contributed by atoms with Crippen molar-refractivity contribution in [3.63, 3.8) is 0 Å². The first-order valence-corrected chi connectivity index (χ1v) is 11.5. The molecule has 35 heavy (non-hydrogen) atoms. The van der Waals surface area contributed by atoms with Crippen molar-refractivity contribution in [2.45, 2.75) is 32.6 Å². The monoisotopic (exact) mass is 483 g/mol. The van der Waals surface area contributed by atoms with Crippen LogP contribution in [0.4, 0.5) is 19.3 Å². The summed E-state index contributed by atoms with van der Waals surface area (Å²) >= 11 is 0. The van der Waals surface area contributed by atoms with Gasteiger partial charge in [0.1, 0.15) is 11.6 Å². The molecule has 3 aromatic rings. The number of aryl methyl sites for hydroxylation is 2. The topological polar surface area (TPSA) is 100 Å². The Labute approximate surface area is 201 Å². The fraction of sp³-hybridized carbons (Fsp3) is 0.360. The molecular formula is C25H27F2N5O3. The van der Waals surface area contributed by atoms with Crippen LogP contribution in [0.3, 0.4) is 0 Å². The quantitative estimate of drug-likeness (QED) is 0.522. The van der Waals surface area contributed by atoms with E-state index in [1.54, 1.807) is 30.0 Å². The highest BCUT2D eigenvalue weighted by atomic mass is 19.1. The zero-order valence-corrected chi connectivity index (χ0v) is 19.4. The number of rotatable bonds is 7. The van der Waals surface area contributed by atoms with E-state index in [-0.39, 0.29) is 36.3 Å².